The number of imidazole rings is 1. The van der Waals surface area contributed by atoms with E-state index in [1.807, 2.05) is 36.4 Å². The molecule has 0 aliphatic carbocycles. The second-order valence-electron chi connectivity index (χ2n) is 7.24. The number of unbranched alkanes of at least 4 members (excludes halogenated alkanes) is 1. The van der Waals surface area contributed by atoms with E-state index in [9.17, 15) is 14.4 Å². The first-order valence-electron chi connectivity index (χ1n) is 10.1. The van der Waals surface area contributed by atoms with Gasteiger partial charge in [0.2, 0.25) is 5.78 Å². The molecular formula is C22H23N5O4. The van der Waals surface area contributed by atoms with Crippen molar-refractivity contribution in [2.45, 2.75) is 31.9 Å². The lowest BCUT2D eigenvalue weighted by molar-refractivity contribution is 0.0938. The van der Waals surface area contributed by atoms with Crippen molar-refractivity contribution in [3.8, 4) is 0 Å². The van der Waals surface area contributed by atoms with Gasteiger partial charge in [0.1, 0.15) is 17.9 Å². The van der Waals surface area contributed by atoms with Gasteiger partial charge in [0.25, 0.3) is 0 Å². The Bertz CT molecular complexity index is 1100. The SMILES string of the molecule is O=C1Nc2nc3ccccn3c2C(=O)[C@H](CCCCNC(=O)OCc2ccccc2)N1. The normalized spacial score (nSPS) is 15.5. The maximum Gasteiger partial charge on any atom is 0.407 e. The van der Waals surface area contributed by atoms with Crippen LogP contribution >= 0.6 is 0 Å². The fourth-order valence-corrected chi connectivity index (χ4v) is 3.49. The Hall–Kier alpha value is -3.88. The highest BCUT2D eigenvalue weighted by atomic mass is 16.5. The Labute approximate surface area is 178 Å². The lowest BCUT2D eigenvalue weighted by atomic mass is 10.0. The molecule has 0 bridgehead atoms. The molecule has 9 heteroatoms. The predicted octanol–water partition coefficient (Wildman–Crippen LogP) is 3.12. The van der Waals surface area contributed by atoms with Crippen LogP contribution < -0.4 is 16.0 Å². The minimum Gasteiger partial charge on any atom is -0.445 e. The van der Waals surface area contributed by atoms with Gasteiger partial charge in [-0.25, -0.2) is 14.6 Å². The summed E-state index contributed by atoms with van der Waals surface area (Å²) < 4.78 is 6.85. The molecule has 0 radical (unpaired) electrons. The fraction of sp³-hybridized carbons (Fsp3) is 0.273. The first kappa shape index (κ1) is 20.4. The summed E-state index contributed by atoms with van der Waals surface area (Å²) in [6, 6.07) is 13.7. The highest BCUT2D eigenvalue weighted by Crippen LogP contribution is 2.23. The topological polar surface area (TPSA) is 114 Å². The van der Waals surface area contributed by atoms with Gasteiger partial charge in [0, 0.05) is 12.7 Å². The molecule has 3 amide bonds. The smallest absolute Gasteiger partial charge is 0.407 e. The molecule has 0 saturated carbocycles. The molecule has 3 N–H and O–H groups in total. The average molecular weight is 421 g/mol. The Balaban J connectivity index is 1.26. The number of benzene rings is 1. The van der Waals surface area contributed by atoms with Gasteiger partial charge in [0.05, 0.1) is 6.04 Å². The molecule has 1 aliphatic heterocycles. The molecule has 4 rings (SSSR count). The number of aromatic nitrogens is 2. The van der Waals surface area contributed by atoms with Gasteiger partial charge >= 0.3 is 12.1 Å². The molecule has 1 atom stereocenters. The van der Waals surface area contributed by atoms with E-state index in [0.29, 0.717) is 37.1 Å². The van der Waals surface area contributed by atoms with Crippen LogP contribution in [0.25, 0.3) is 5.65 Å². The molecule has 0 unspecified atom stereocenters. The Morgan fingerprint density at radius 1 is 1.10 bits per heavy atom. The summed E-state index contributed by atoms with van der Waals surface area (Å²) in [5.41, 5.74) is 1.88. The zero-order chi connectivity index (χ0) is 21.6. The van der Waals surface area contributed by atoms with Crippen molar-refractivity contribution < 1.29 is 19.1 Å². The number of fused-ring (bicyclic) bond motifs is 3. The van der Waals surface area contributed by atoms with Crippen LogP contribution in [0.5, 0.6) is 0 Å². The van der Waals surface area contributed by atoms with Crippen molar-refractivity contribution in [2.24, 2.45) is 0 Å². The number of rotatable bonds is 7. The Morgan fingerprint density at radius 3 is 2.74 bits per heavy atom. The van der Waals surface area contributed by atoms with Crippen molar-refractivity contribution >= 4 is 29.4 Å². The first-order valence-corrected chi connectivity index (χ1v) is 10.1. The van der Waals surface area contributed by atoms with Crippen LogP contribution in [0.15, 0.2) is 54.7 Å². The monoisotopic (exact) mass is 421 g/mol. The molecule has 3 heterocycles. The van der Waals surface area contributed by atoms with E-state index >= 15 is 0 Å². The van der Waals surface area contributed by atoms with E-state index in [-0.39, 0.29) is 18.2 Å². The second kappa shape index (κ2) is 9.29. The van der Waals surface area contributed by atoms with Crippen molar-refractivity contribution in [1.82, 2.24) is 20.0 Å². The number of nitrogens with zero attached hydrogens (tertiary/aromatic N) is 2. The highest BCUT2D eigenvalue weighted by molar-refractivity contribution is 6.10. The third-order valence-corrected chi connectivity index (χ3v) is 5.02. The van der Waals surface area contributed by atoms with E-state index in [1.165, 1.54) is 0 Å². The molecular weight excluding hydrogens is 398 g/mol. The lowest BCUT2D eigenvalue weighted by Gasteiger charge is -2.14. The summed E-state index contributed by atoms with van der Waals surface area (Å²) in [5, 5.41) is 8.04. The molecule has 9 nitrogen and oxygen atoms in total. The van der Waals surface area contributed by atoms with Gasteiger partial charge in [-0.1, -0.05) is 36.4 Å². The number of ether oxygens (including phenoxy) is 1. The number of hydrogen-bond acceptors (Lipinski definition) is 5. The second-order valence-corrected chi connectivity index (χ2v) is 7.24. The third-order valence-electron chi connectivity index (χ3n) is 5.02. The zero-order valence-corrected chi connectivity index (χ0v) is 16.8. The molecule has 3 aromatic rings. The number of carbonyl (C=O) groups is 3. The van der Waals surface area contributed by atoms with Gasteiger partial charge in [-0.3, -0.25) is 14.5 Å². The van der Waals surface area contributed by atoms with Gasteiger partial charge in [0.15, 0.2) is 5.82 Å². The number of hydrogen-bond donors (Lipinski definition) is 3. The van der Waals surface area contributed by atoms with Gasteiger partial charge in [-0.05, 0) is 37.0 Å². The van der Waals surface area contributed by atoms with Gasteiger partial charge < -0.3 is 15.4 Å². The van der Waals surface area contributed by atoms with E-state index < -0.39 is 18.2 Å². The molecule has 1 aromatic carbocycles. The highest BCUT2D eigenvalue weighted by Gasteiger charge is 2.31. The maximum atomic E-state index is 13.0. The van der Waals surface area contributed by atoms with E-state index in [0.717, 1.165) is 5.56 Å². The number of Topliss-reactive ketones (excluding diaryl/α,β-unsaturated/α-hetero) is 1. The van der Waals surface area contributed by atoms with Crippen LogP contribution in [0, 0.1) is 0 Å². The summed E-state index contributed by atoms with van der Waals surface area (Å²) in [6.07, 6.45) is 3.00. The van der Waals surface area contributed by atoms with Crippen molar-refractivity contribution in [3.63, 3.8) is 0 Å². The molecule has 160 valence electrons. The van der Waals surface area contributed by atoms with Gasteiger partial charge in [-0.15, -0.1) is 0 Å². The number of anilines is 1. The van der Waals surface area contributed by atoms with Crippen molar-refractivity contribution in [1.29, 1.82) is 0 Å². The predicted molar refractivity (Wildman–Crippen MR) is 114 cm³/mol. The number of urea groups is 1. The quantitative estimate of drug-likeness (QED) is 0.507. The summed E-state index contributed by atoms with van der Waals surface area (Å²) in [5.74, 6) is 0.0707. The fourth-order valence-electron chi connectivity index (χ4n) is 3.49. The van der Waals surface area contributed by atoms with Crippen LogP contribution in [0.3, 0.4) is 0 Å². The van der Waals surface area contributed by atoms with E-state index in [4.69, 9.17) is 4.74 Å². The van der Waals surface area contributed by atoms with Crippen LogP contribution in [0.4, 0.5) is 15.4 Å². The number of alkyl carbamates (subject to hydrolysis) is 1. The van der Waals surface area contributed by atoms with Crippen LogP contribution in [0.2, 0.25) is 0 Å². The number of nitrogens with one attached hydrogen (secondary N) is 3. The Kier molecular flexibility index (Phi) is 6.11. The maximum absolute atomic E-state index is 13.0. The third kappa shape index (κ3) is 4.82. The Morgan fingerprint density at radius 2 is 1.90 bits per heavy atom. The van der Waals surface area contributed by atoms with E-state index in [2.05, 4.69) is 20.9 Å². The lowest BCUT2D eigenvalue weighted by Crippen LogP contribution is -2.40. The van der Waals surface area contributed by atoms with E-state index in [1.54, 1.807) is 22.7 Å². The minimum absolute atomic E-state index is 0.192. The molecule has 1 aliphatic rings. The first-order chi connectivity index (χ1) is 15.1. The number of amides is 3. The summed E-state index contributed by atoms with van der Waals surface area (Å²) in [7, 11) is 0. The summed E-state index contributed by atoms with van der Waals surface area (Å²) >= 11 is 0. The molecule has 2 aromatic heterocycles. The van der Waals surface area contributed by atoms with Crippen molar-refractivity contribution in [2.75, 3.05) is 11.9 Å². The average Bonchev–Trinajstić information content (AvgIpc) is 3.09. The standard InChI is InChI=1S/C22H23N5O4/c28-19-16(10-4-6-12-23-22(30)31-14-15-8-2-1-3-9-15)24-21(29)26-20-18(19)27-13-7-5-11-17(27)25-20/h1-3,5,7-9,11,13,16H,4,6,10,12,14H2,(H,23,30)(H2,24,26,29)/t16-/m0/s1. The zero-order valence-electron chi connectivity index (χ0n) is 16.8. The minimum atomic E-state index is -0.661. The summed E-state index contributed by atoms with van der Waals surface area (Å²) in [4.78, 5) is 41.3. The van der Waals surface area contributed by atoms with Crippen LogP contribution in [0.1, 0.15) is 35.3 Å². The van der Waals surface area contributed by atoms with Crippen LogP contribution in [-0.4, -0.2) is 39.9 Å². The molecule has 0 fully saturated rings. The van der Waals surface area contributed by atoms with Gasteiger partial charge in [-0.2, -0.15) is 0 Å². The number of pyridine rings is 1. The molecule has 0 saturated heterocycles. The summed E-state index contributed by atoms with van der Waals surface area (Å²) in [6.45, 7) is 0.630. The molecule has 31 heavy (non-hydrogen) atoms. The number of ketones is 1. The largest absolute Gasteiger partial charge is 0.445 e. The molecule has 0 spiro atoms. The van der Waals surface area contributed by atoms with Crippen molar-refractivity contribution in [3.05, 3.63) is 66.0 Å². The van der Waals surface area contributed by atoms with Crippen LogP contribution in [-0.2, 0) is 11.3 Å². The number of carbonyl (C=O) groups excluding carboxylic acids is 3.